The van der Waals surface area contributed by atoms with Gasteiger partial charge in [-0.1, -0.05) is 18.2 Å². The van der Waals surface area contributed by atoms with Crippen molar-refractivity contribution in [1.82, 2.24) is 0 Å². The molecule has 10 N–H and O–H groups in total. The highest BCUT2D eigenvalue weighted by molar-refractivity contribution is 6.30. The minimum absolute atomic E-state index is 0.0560. The van der Waals surface area contributed by atoms with Crippen LogP contribution in [-0.4, -0.2) is 99.8 Å². The number of aromatic hydroxyl groups is 4. The Morgan fingerprint density at radius 1 is 0.633 bits per heavy atom. The molecule has 49 heavy (non-hydrogen) atoms. The maximum Gasteiger partial charge on any atom is 0.201 e. The molecule has 0 unspecified atom stereocenters. The van der Waals surface area contributed by atoms with Gasteiger partial charge in [-0.3, -0.25) is 9.59 Å². The second kappa shape index (κ2) is 11.5. The van der Waals surface area contributed by atoms with Crippen molar-refractivity contribution in [1.29, 1.82) is 0 Å². The standard InChI is InChI=1S/C35H30O14/c36-10-13-6-16-24(21(40)8-13)29(45)25-15(26(16)42)4-5-17(27(25)43)35(34-31(47)30(46)28(44)23(12-38)48-34)18-2-1-3-20(39)32(18)49-33-19(35)7-14(11-37)9-22(33)41/h1-9,23,28,30-31,34,36-41,43-44,46-47H,10-12H2/t23-,28-,30+,31-,34-,35-/m0/s1. The molecule has 3 aliphatic rings. The Morgan fingerprint density at radius 3 is 2.00 bits per heavy atom. The molecule has 14 nitrogen and oxygen atoms in total. The van der Waals surface area contributed by atoms with Crippen molar-refractivity contribution in [2.45, 2.75) is 49.1 Å². The van der Waals surface area contributed by atoms with Gasteiger partial charge in [-0.05, 0) is 47.5 Å². The molecule has 14 heteroatoms. The van der Waals surface area contributed by atoms with E-state index >= 15 is 0 Å². The smallest absolute Gasteiger partial charge is 0.201 e. The number of fused-ring (bicyclic) bond motifs is 4. The number of phenols is 4. The van der Waals surface area contributed by atoms with Crippen LogP contribution in [0, 0.1) is 0 Å². The molecule has 254 valence electrons. The van der Waals surface area contributed by atoms with Gasteiger partial charge in [0.1, 0.15) is 42.0 Å². The number of carbonyl (C=O) groups excluding carboxylic acids is 2. The molecule has 1 saturated heterocycles. The average Bonchev–Trinajstić information content (AvgIpc) is 3.09. The van der Waals surface area contributed by atoms with Gasteiger partial charge in [0.15, 0.2) is 28.8 Å². The SMILES string of the molecule is O=C1c2cc(CO)cc(O)c2C(=O)c2c1ccc([C@]1([C@H]3O[C@@H](CO)[C@H](O)[C@@H](O)[C@@H]3O)c3cccc(O)c3Oc3c(O)cc(CO)cc31)c2O. The average molecular weight is 675 g/mol. The number of aliphatic hydroxyl groups excluding tert-OH is 6. The highest BCUT2D eigenvalue weighted by atomic mass is 16.5. The third-order valence-electron chi connectivity index (χ3n) is 9.58. The largest absolute Gasteiger partial charge is 0.507 e. The molecule has 2 heterocycles. The van der Waals surface area contributed by atoms with E-state index < -0.39 is 101 Å². The first-order chi connectivity index (χ1) is 23.4. The molecule has 4 aromatic carbocycles. The maximum absolute atomic E-state index is 14.1. The normalized spacial score (nSPS) is 25.6. The van der Waals surface area contributed by atoms with Crippen LogP contribution in [0.5, 0.6) is 34.5 Å². The van der Waals surface area contributed by atoms with E-state index in [0.717, 1.165) is 12.1 Å². The van der Waals surface area contributed by atoms with Gasteiger partial charge in [0.05, 0.1) is 36.4 Å². The number of rotatable bonds is 5. The third-order valence-corrected chi connectivity index (χ3v) is 9.58. The summed E-state index contributed by atoms with van der Waals surface area (Å²) in [6.07, 6.45) is -9.15. The summed E-state index contributed by atoms with van der Waals surface area (Å²) in [6, 6.07) is 11.3. The monoisotopic (exact) mass is 674 g/mol. The number of para-hydroxylation sites is 1. The van der Waals surface area contributed by atoms with Crippen LogP contribution in [0.3, 0.4) is 0 Å². The Labute approximate surface area is 276 Å². The van der Waals surface area contributed by atoms with Gasteiger partial charge < -0.3 is 60.5 Å². The topological polar surface area (TPSA) is 255 Å². The van der Waals surface area contributed by atoms with Crippen molar-refractivity contribution in [3.05, 3.63) is 105 Å². The first-order valence-electron chi connectivity index (χ1n) is 15.1. The van der Waals surface area contributed by atoms with Gasteiger partial charge in [-0.2, -0.15) is 0 Å². The fraction of sp³-hybridized carbons (Fsp3) is 0.257. The summed E-state index contributed by atoms with van der Waals surface area (Å²) in [4.78, 5) is 27.9. The van der Waals surface area contributed by atoms with E-state index in [1.165, 1.54) is 42.5 Å². The third kappa shape index (κ3) is 4.40. The van der Waals surface area contributed by atoms with Crippen molar-refractivity contribution in [2.24, 2.45) is 0 Å². The first-order valence-corrected chi connectivity index (χ1v) is 15.1. The van der Waals surface area contributed by atoms with Crippen LogP contribution in [0.15, 0.2) is 54.6 Å². The van der Waals surface area contributed by atoms with Crippen LogP contribution in [0.1, 0.15) is 59.7 Å². The molecule has 0 bridgehead atoms. The van der Waals surface area contributed by atoms with Gasteiger partial charge in [0.2, 0.25) is 5.78 Å². The number of ether oxygens (including phenoxy) is 2. The van der Waals surface area contributed by atoms with Gasteiger partial charge in [-0.15, -0.1) is 0 Å². The van der Waals surface area contributed by atoms with Gasteiger partial charge in [-0.25, -0.2) is 0 Å². The number of carbonyl (C=O) groups is 2. The molecule has 7 rings (SSSR count). The number of aliphatic hydroxyl groups is 6. The molecule has 4 aromatic rings. The lowest BCUT2D eigenvalue weighted by atomic mass is 9.60. The van der Waals surface area contributed by atoms with Gasteiger partial charge in [0, 0.05) is 27.8 Å². The molecule has 1 aliphatic carbocycles. The Balaban J connectivity index is 1.62. The summed E-state index contributed by atoms with van der Waals surface area (Å²) in [5.41, 5.74) is -3.95. The van der Waals surface area contributed by atoms with E-state index in [9.17, 15) is 60.7 Å². The quantitative estimate of drug-likeness (QED) is 0.122. The summed E-state index contributed by atoms with van der Waals surface area (Å²) >= 11 is 0. The fourth-order valence-corrected chi connectivity index (χ4v) is 7.36. The summed E-state index contributed by atoms with van der Waals surface area (Å²) in [5.74, 6) is -4.95. The lowest BCUT2D eigenvalue weighted by Gasteiger charge is -2.52. The van der Waals surface area contributed by atoms with Crippen LogP contribution < -0.4 is 4.74 Å². The van der Waals surface area contributed by atoms with Crippen LogP contribution in [0.2, 0.25) is 0 Å². The van der Waals surface area contributed by atoms with Crippen LogP contribution >= 0.6 is 0 Å². The molecule has 0 aromatic heterocycles. The highest BCUT2D eigenvalue weighted by Gasteiger charge is 2.60. The zero-order valence-corrected chi connectivity index (χ0v) is 25.3. The van der Waals surface area contributed by atoms with Gasteiger partial charge >= 0.3 is 0 Å². The lowest BCUT2D eigenvalue weighted by Crippen LogP contribution is -2.65. The van der Waals surface area contributed by atoms with Crippen molar-refractivity contribution in [2.75, 3.05) is 6.61 Å². The van der Waals surface area contributed by atoms with E-state index in [1.807, 2.05) is 0 Å². The molecular weight excluding hydrogens is 644 g/mol. The predicted octanol–water partition coefficient (Wildman–Crippen LogP) is 0.551. The number of ketones is 2. The summed E-state index contributed by atoms with van der Waals surface area (Å²) < 4.78 is 12.1. The molecule has 0 radical (unpaired) electrons. The number of benzene rings is 4. The molecule has 2 aliphatic heterocycles. The summed E-state index contributed by atoms with van der Waals surface area (Å²) in [5, 5.41) is 109. The zero-order chi connectivity index (χ0) is 35.1. The summed E-state index contributed by atoms with van der Waals surface area (Å²) in [6.45, 7) is -2.03. The maximum atomic E-state index is 14.1. The predicted molar refractivity (Wildman–Crippen MR) is 165 cm³/mol. The summed E-state index contributed by atoms with van der Waals surface area (Å²) in [7, 11) is 0. The van der Waals surface area contributed by atoms with E-state index in [-0.39, 0.29) is 50.4 Å². The van der Waals surface area contributed by atoms with Crippen LogP contribution in [0.25, 0.3) is 0 Å². The van der Waals surface area contributed by atoms with Crippen LogP contribution in [0.4, 0.5) is 0 Å². The Morgan fingerprint density at radius 2 is 1.31 bits per heavy atom. The number of phenolic OH excluding ortho intramolecular Hbond substituents is 4. The van der Waals surface area contributed by atoms with Gasteiger partial charge in [0.25, 0.3) is 0 Å². The van der Waals surface area contributed by atoms with Crippen molar-refractivity contribution >= 4 is 11.6 Å². The Hall–Kier alpha value is -5.06. The van der Waals surface area contributed by atoms with E-state index in [4.69, 9.17) is 9.47 Å². The molecule has 0 spiro atoms. The van der Waals surface area contributed by atoms with Crippen LogP contribution in [-0.2, 0) is 23.4 Å². The second-order valence-corrected chi connectivity index (χ2v) is 12.2. The van der Waals surface area contributed by atoms with Crippen molar-refractivity contribution < 1.29 is 70.1 Å². The first kappa shape index (κ1) is 32.5. The minimum atomic E-state index is -2.22. The van der Waals surface area contributed by atoms with E-state index in [0.29, 0.717) is 0 Å². The molecule has 6 atom stereocenters. The van der Waals surface area contributed by atoms with E-state index in [2.05, 4.69) is 0 Å². The van der Waals surface area contributed by atoms with Crippen molar-refractivity contribution in [3.8, 4) is 34.5 Å². The number of hydrogen-bond donors (Lipinski definition) is 10. The molecule has 0 saturated carbocycles. The zero-order valence-electron chi connectivity index (χ0n) is 25.3. The number of hydrogen-bond acceptors (Lipinski definition) is 14. The van der Waals surface area contributed by atoms with Crippen molar-refractivity contribution in [3.63, 3.8) is 0 Å². The van der Waals surface area contributed by atoms with E-state index in [1.54, 1.807) is 0 Å². The highest BCUT2D eigenvalue weighted by Crippen LogP contribution is 2.62. The molecule has 0 amide bonds. The molecular formula is C35H30O14. The Kier molecular flexibility index (Phi) is 7.64. The molecule has 1 fully saturated rings. The lowest BCUT2D eigenvalue weighted by molar-refractivity contribution is -0.239. The fourth-order valence-electron chi connectivity index (χ4n) is 7.36. The Bertz CT molecular complexity index is 2050. The minimum Gasteiger partial charge on any atom is -0.507 e. The second-order valence-electron chi connectivity index (χ2n) is 12.2.